The number of nitro groups is 1. The molecule has 0 heterocycles. The van der Waals surface area contributed by atoms with Gasteiger partial charge in [0.2, 0.25) is 0 Å². The topological polar surface area (TPSA) is 108 Å². The fourth-order valence-electron chi connectivity index (χ4n) is 2.83. The van der Waals surface area contributed by atoms with Gasteiger partial charge < -0.3 is 14.8 Å². The van der Waals surface area contributed by atoms with E-state index in [1.165, 1.54) is 26.4 Å². The van der Waals surface area contributed by atoms with E-state index < -0.39 is 16.8 Å². The lowest BCUT2D eigenvalue weighted by atomic mass is 10.0. The second-order valence-corrected chi connectivity index (χ2v) is 6.24. The van der Waals surface area contributed by atoms with Gasteiger partial charge in [-0.2, -0.15) is 0 Å². The molecule has 3 aromatic carbocycles. The number of carbonyl (C=O) groups is 2. The highest BCUT2D eigenvalue weighted by atomic mass is 16.6. The van der Waals surface area contributed by atoms with Gasteiger partial charge in [0.25, 0.3) is 11.6 Å². The summed E-state index contributed by atoms with van der Waals surface area (Å²) in [6, 6.07) is 17.4. The number of anilines is 1. The third-order valence-electron chi connectivity index (χ3n) is 4.43. The van der Waals surface area contributed by atoms with Gasteiger partial charge >= 0.3 is 5.97 Å². The molecule has 0 saturated heterocycles. The molecular formula is C22H18N2O6. The molecule has 1 N–H and O–H groups in total. The second-order valence-electron chi connectivity index (χ2n) is 6.24. The molecule has 0 bridgehead atoms. The van der Waals surface area contributed by atoms with Gasteiger partial charge in [0, 0.05) is 11.6 Å². The molecule has 30 heavy (non-hydrogen) atoms. The zero-order valence-corrected chi connectivity index (χ0v) is 16.2. The van der Waals surface area contributed by atoms with E-state index in [0.717, 1.165) is 5.56 Å². The smallest absolute Gasteiger partial charge is 0.337 e. The summed E-state index contributed by atoms with van der Waals surface area (Å²) < 4.78 is 9.74. The van der Waals surface area contributed by atoms with E-state index in [0.29, 0.717) is 22.4 Å². The highest BCUT2D eigenvalue weighted by Gasteiger charge is 2.18. The van der Waals surface area contributed by atoms with Crippen molar-refractivity contribution in [2.24, 2.45) is 0 Å². The molecule has 0 radical (unpaired) electrons. The zero-order valence-electron chi connectivity index (χ0n) is 16.2. The molecule has 0 aliphatic heterocycles. The van der Waals surface area contributed by atoms with Crippen LogP contribution in [0.25, 0.3) is 11.1 Å². The van der Waals surface area contributed by atoms with Crippen LogP contribution in [0.1, 0.15) is 20.7 Å². The second kappa shape index (κ2) is 8.87. The number of amides is 1. The Morgan fingerprint density at radius 1 is 0.867 bits per heavy atom. The van der Waals surface area contributed by atoms with E-state index in [2.05, 4.69) is 10.1 Å². The van der Waals surface area contributed by atoms with Gasteiger partial charge in [0.15, 0.2) is 0 Å². The number of hydrogen-bond donors (Lipinski definition) is 1. The summed E-state index contributed by atoms with van der Waals surface area (Å²) in [4.78, 5) is 35.0. The number of esters is 1. The van der Waals surface area contributed by atoms with Crippen molar-refractivity contribution in [2.75, 3.05) is 19.5 Å². The van der Waals surface area contributed by atoms with Gasteiger partial charge in [-0.05, 0) is 59.7 Å². The van der Waals surface area contributed by atoms with Crippen molar-refractivity contribution in [3.8, 4) is 16.9 Å². The normalized spacial score (nSPS) is 10.2. The van der Waals surface area contributed by atoms with E-state index in [-0.39, 0.29) is 11.4 Å². The van der Waals surface area contributed by atoms with Crippen LogP contribution < -0.4 is 10.1 Å². The lowest BCUT2D eigenvalue weighted by Crippen LogP contribution is -2.13. The largest absolute Gasteiger partial charge is 0.497 e. The average Bonchev–Trinajstić information content (AvgIpc) is 2.78. The number of hydrogen-bond acceptors (Lipinski definition) is 6. The van der Waals surface area contributed by atoms with Crippen LogP contribution in [0.4, 0.5) is 11.4 Å². The molecular weight excluding hydrogens is 388 g/mol. The summed E-state index contributed by atoms with van der Waals surface area (Å²) in [5.41, 5.74) is 1.91. The lowest BCUT2D eigenvalue weighted by molar-refractivity contribution is -0.383. The number of ether oxygens (including phenoxy) is 2. The SMILES string of the molecule is COC(=O)c1ccc(-c2ccc([N+](=O)[O-])c(NC(=O)c3ccc(OC)cc3)c2)cc1. The number of methoxy groups -OCH3 is 2. The van der Waals surface area contributed by atoms with E-state index in [1.807, 2.05) is 0 Å². The van der Waals surface area contributed by atoms with E-state index in [9.17, 15) is 19.7 Å². The Kier molecular flexibility index (Phi) is 6.07. The fourth-order valence-corrected chi connectivity index (χ4v) is 2.83. The predicted octanol–water partition coefficient (Wildman–Crippen LogP) is 4.31. The van der Waals surface area contributed by atoms with Gasteiger partial charge in [0.1, 0.15) is 11.4 Å². The molecule has 3 aromatic rings. The molecule has 0 saturated carbocycles. The quantitative estimate of drug-likeness (QED) is 0.371. The van der Waals surface area contributed by atoms with E-state index in [1.54, 1.807) is 54.6 Å². The van der Waals surface area contributed by atoms with Crippen molar-refractivity contribution >= 4 is 23.3 Å². The summed E-state index contributed by atoms with van der Waals surface area (Å²) in [6.45, 7) is 0. The summed E-state index contributed by atoms with van der Waals surface area (Å²) in [5, 5.41) is 14.0. The van der Waals surface area contributed by atoms with Crippen LogP contribution in [0.5, 0.6) is 5.75 Å². The number of benzene rings is 3. The van der Waals surface area contributed by atoms with Crippen LogP contribution in [0.2, 0.25) is 0 Å². The van der Waals surface area contributed by atoms with Crippen molar-refractivity contribution in [1.82, 2.24) is 0 Å². The molecule has 0 atom stereocenters. The van der Waals surface area contributed by atoms with Gasteiger partial charge in [-0.1, -0.05) is 12.1 Å². The first-order valence-corrected chi connectivity index (χ1v) is 8.85. The monoisotopic (exact) mass is 406 g/mol. The average molecular weight is 406 g/mol. The molecule has 8 nitrogen and oxygen atoms in total. The van der Waals surface area contributed by atoms with Crippen molar-refractivity contribution in [2.45, 2.75) is 0 Å². The minimum atomic E-state index is -0.562. The van der Waals surface area contributed by atoms with E-state index >= 15 is 0 Å². The van der Waals surface area contributed by atoms with Crippen molar-refractivity contribution < 1.29 is 24.0 Å². The Morgan fingerprint density at radius 3 is 2.03 bits per heavy atom. The molecule has 3 rings (SSSR count). The van der Waals surface area contributed by atoms with Gasteiger partial charge in [-0.3, -0.25) is 14.9 Å². The molecule has 0 aliphatic rings. The molecule has 0 spiro atoms. The van der Waals surface area contributed by atoms with Gasteiger partial charge in [-0.15, -0.1) is 0 Å². The minimum absolute atomic E-state index is 0.0652. The third-order valence-corrected chi connectivity index (χ3v) is 4.43. The summed E-state index contributed by atoms with van der Waals surface area (Å²) in [5.74, 6) is -0.355. The first kappa shape index (κ1) is 20.5. The summed E-state index contributed by atoms with van der Waals surface area (Å²) in [6.07, 6.45) is 0. The van der Waals surface area contributed by atoms with Crippen LogP contribution in [-0.4, -0.2) is 31.0 Å². The molecule has 0 unspecified atom stereocenters. The van der Waals surface area contributed by atoms with E-state index in [4.69, 9.17) is 4.74 Å². The van der Waals surface area contributed by atoms with Crippen LogP contribution in [-0.2, 0) is 4.74 Å². The van der Waals surface area contributed by atoms with Crippen LogP contribution in [0.3, 0.4) is 0 Å². The maximum absolute atomic E-state index is 12.6. The Balaban J connectivity index is 1.91. The Morgan fingerprint density at radius 2 is 1.47 bits per heavy atom. The number of nitrogens with zero attached hydrogens (tertiary/aromatic N) is 1. The zero-order chi connectivity index (χ0) is 21.7. The maximum Gasteiger partial charge on any atom is 0.337 e. The molecule has 0 aliphatic carbocycles. The molecule has 0 fully saturated rings. The van der Waals surface area contributed by atoms with Gasteiger partial charge in [0.05, 0.1) is 24.7 Å². The Hall–Kier alpha value is -4.20. The third kappa shape index (κ3) is 4.44. The van der Waals surface area contributed by atoms with Crippen LogP contribution in [0.15, 0.2) is 66.7 Å². The Labute approximate surface area is 172 Å². The molecule has 8 heteroatoms. The predicted molar refractivity (Wildman–Crippen MR) is 111 cm³/mol. The van der Waals surface area contributed by atoms with Crippen molar-refractivity contribution in [3.63, 3.8) is 0 Å². The number of rotatable bonds is 6. The number of nitrogens with one attached hydrogen (secondary N) is 1. The molecule has 152 valence electrons. The maximum atomic E-state index is 12.6. The summed E-state index contributed by atoms with van der Waals surface area (Å²) >= 11 is 0. The lowest BCUT2D eigenvalue weighted by Gasteiger charge is -2.10. The Bertz CT molecular complexity index is 1090. The number of carbonyl (C=O) groups excluding carboxylic acids is 2. The van der Waals surface area contributed by atoms with Crippen molar-refractivity contribution in [1.29, 1.82) is 0 Å². The molecule has 0 aromatic heterocycles. The van der Waals surface area contributed by atoms with Gasteiger partial charge in [-0.25, -0.2) is 4.79 Å². The standard InChI is InChI=1S/C22H18N2O6/c1-29-18-10-7-15(8-11-18)21(25)23-19-13-17(9-12-20(19)24(27)28)14-3-5-16(6-4-14)22(26)30-2/h3-13H,1-2H3,(H,23,25). The highest BCUT2D eigenvalue weighted by Crippen LogP contribution is 2.31. The summed E-state index contributed by atoms with van der Waals surface area (Å²) in [7, 11) is 2.81. The minimum Gasteiger partial charge on any atom is -0.497 e. The van der Waals surface area contributed by atoms with Crippen LogP contribution >= 0.6 is 0 Å². The fraction of sp³-hybridized carbons (Fsp3) is 0.0909. The highest BCUT2D eigenvalue weighted by molar-refractivity contribution is 6.05. The van der Waals surface area contributed by atoms with Crippen molar-refractivity contribution in [3.05, 3.63) is 88.0 Å². The number of nitro benzene ring substituents is 1. The first-order valence-electron chi connectivity index (χ1n) is 8.85. The van der Waals surface area contributed by atoms with Crippen LogP contribution in [0, 0.1) is 10.1 Å². The molecule has 1 amide bonds. The first-order chi connectivity index (χ1) is 14.4.